The second-order valence-electron chi connectivity index (χ2n) is 3.94. The molecule has 2 aromatic rings. The third kappa shape index (κ3) is 2.23. The maximum atomic E-state index is 11.7. The third-order valence-electron chi connectivity index (χ3n) is 2.51. The maximum absolute atomic E-state index is 11.7. The molecule has 0 aliphatic carbocycles. The van der Waals surface area contributed by atoms with Crippen molar-refractivity contribution < 1.29 is 4.79 Å². The molecule has 0 radical (unpaired) electrons. The molecule has 18 heavy (non-hydrogen) atoms. The number of hydrogen-bond donors (Lipinski definition) is 0. The number of aromatic nitrogens is 2. The lowest BCUT2D eigenvalue weighted by atomic mass is 10.1. The number of nitrogens with zero attached hydrogens (tertiary/aromatic N) is 5. The topological polar surface area (TPSA) is 83.7 Å². The summed E-state index contributed by atoms with van der Waals surface area (Å²) in [6.45, 7) is 3.73. The van der Waals surface area contributed by atoms with E-state index < -0.39 is 5.91 Å². The smallest absolute Gasteiger partial charge is 0.251 e. The van der Waals surface area contributed by atoms with Gasteiger partial charge < -0.3 is 4.57 Å². The molecule has 0 atom stereocenters. The van der Waals surface area contributed by atoms with Crippen LogP contribution in [0.15, 0.2) is 35.8 Å². The first-order chi connectivity index (χ1) is 8.61. The predicted octanol–water partition coefficient (Wildman–Crippen LogP) is 2.94. The quantitative estimate of drug-likeness (QED) is 0.460. The molecule has 0 bridgehead atoms. The van der Waals surface area contributed by atoms with E-state index in [1.54, 1.807) is 29.2 Å². The Hall–Kier alpha value is -2.59. The van der Waals surface area contributed by atoms with Crippen LogP contribution in [-0.2, 0) is 0 Å². The molecule has 0 aliphatic heterocycles. The van der Waals surface area contributed by atoms with Crippen LogP contribution in [0.5, 0.6) is 0 Å². The van der Waals surface area contributed by atoms with E-state index in [1.807, 2.05) is 19.9 Å². The molecule has 1 aromatic heterocycles. The number of aryl methyl sites for hydroxylation is 2. The molecule has 0 saturated carbocycles. The lowest BCUT2D eigenvalue weighted by Gasteiger charge is -2.08. The molecule has 1 heterocycles. The minimum absolute atomic E-state index is 0.366. The van der Waals surface area contributed by atoms with Crippen LogP contribution in [0.1, 0.15) is 21.6 Å². The monoisotopic (exact) mass is 241 g/mol. The normalized spacial score (nSPS) is 9.89. The minimum atomic E-state index is -0.595. The van der Waals surface area contributed by atoms with Gasteiger partial charge in [0.2, 0.25) is 0 Å². The number of amides is 1. The lowest BCUT2D eigenvalue weighted by Crippen LogP contribution is -2.03. The number of rotatable bonds is 2. The van der Waals surface area contributed by atoms with Gasteiger partial charge in [-0.1, -0.05) is 11.6 Å². The van der Waals surface area contributed by atoms with Crippen LogP contribution in [0, 0.1) is 13.8 Å². The van der Waals surface area contributed by atoms with E-state index in [0.29, 0.717) is 11.3 Å². The van der Waals surface area contributed by atoms with Crippen molar-refractivity contribution in [3.05, 3.63) is 58.0 Å². The first-order valence-corrected chi connectivity index (χ1v) is 5.33. The van der Waals surface area contributed by atoms with Gasteiger partial charge in [0.1, 0.15) is 0 Å². The first kappa shape index (κ1) is 11.9. The third-order valence-corrected chi connectivity index (χ3v) is 2.51. The molecule has 1 aromatic carbocycles. The molecule has 90 valence electrons. The zero-order chi connectivity index (χ0) is 13.1. The molecule has 0 unspecified atom stereocenters. The van der Waals surface area contributed by atoms with E-state index in [4.69, 9.17) is 5.53 Å². The van der Waals surface area contributed by atoms with Gasteiger partial charge in [0.15, 0.2) is 0 Å². The van der Waals surface area contributed by atoms with Gasteiger partial charge in [0, 0.05) is 16.7 Å². The summed E-state index contributed by atoms with van der Waals surface area (Å²) in [7, 11) is 0. The van der Waals surface area contributed by atoms with Crippen LogP contribution in [0.4, 0.5) is 0 Å². The van der Waals surface area contributed by atoms with E-state index in [9.17, 15) is 4.79 Å². The maximum Gasteiger partial charge on any atom is 0.251 e. The fraction of sp³-hybridized carbons (Fsp3) is 0.167. The molecule has 6 nitrogen and oxygen atoms in total. The lowest BCUT2D eigenvalue weighted by molar-refractivity contribution is 0.100. The highest BCUT2D eigenvalue weighted by Crippen LogP contribution is 2.18. The van der Waals surface area contributed by atoms with Crippen molar-refractivity contribution in [2.24, 2.45) is 5.11 Å². The SMILES string of the molecule is Cc1ccc(-n2cnc(C)c2)c(C(=O)N=[N+]=[N-])c1. The molecule has 0 spiro atoms. The van der Waals surface area contributed by atoms with E-state index in [2.05, 4.69) is 15.0 Å². The molecule has 0 aliphatic rings. The number of benzene rings is 1. The van der Waals surface area contributed by atoms with Gasteiger partial charge in [0.25, 0.3) is 5.91 Å². The van der Waals surface area contributed by atoms with Crippen molar-refractivity contribution >= 4 is 5.91 Å². The van der Waals surface area contributed by atoms with Crippen LogP contribution < -0.4 is 0 Å². The zero-order valence-corrected chi connectivity index (χ0v) is 10.0. The average molecular weight is 241 g/mol. The fourth-order valence-corrected chi connectivity index (χ4v) is 1.69. The Balaban J connectivity index is 2.60. The summed E-state index contributed by atoms with van der Waals surface area (Å²) in [6, 6.07) is 5.38. The Morgan fingerprint density at radius 3 is 2.83 bits per heavy atom. The highest BCUT2D eigenvalue weighted by atomic mass is 16.1. The Labute approximate surface area is 104 Å². The highest BCUT2D eigenvalue weighted by Gasteiger charge is 2.11. The van der Waals surface area contributed by atoms with Gasteiger partial charge in [-0.3, -0.25) is 4.79 Å². The Morgan fingerprint density at radius 1 is 1.44 bits per heavy atom. The summed E-state index contributed by atoms with van der Waals surface area (Å²) in [6.07, 6.45) is 3.42. The molecular weight excluding hydrogens is 230 g/mol. The van der Waals surface area contributed by atoms with Crippen molar-refractivity contribution in [3.63, 3.8) is 0 Å². The number of azide groups is 1. The Morgan fingerprint density at radius 2 is 2.22 bits per heavy atom. The van der Waals surface area contributed by atoms with Crippen molar-refractivity contribution in [2.75, 3.05) is 0 Å². The molecule has 0 saturated heterocycles. The van der Waals surface area contributed by atoms with Gasteiger partial charge in [-0.2, -0.15) is 0 Å². The number of carbonyl (C=O) groups is 1. The highest BCUT2D eigenvalue weighted by molar-refractivity contribution is 5.98. The van der Waals surface area contributed by atoms with Crippen molar-refractivity contribution in [3.8, 4) is 5.69 Å². The summed E-state index contributed by atoms with van der Waals surface area (Å²) in [4.78, 5) is 18.4. The summed E-state index contributed by atoms with van der Waals surface area (Å²) >= 11 is 0. The Kier molecular flexibility index (Phi) is 3.12. The molecule has 1 amide bonds. The van der Waals surface area contributed by atoms with Gasteiger partial charge in [-0.25, -0.2) is 4.98 Å². The molecule has 0 fully saturated rings. The van der Waals surface area contributed by atoms with Gasteiger partial charge in [-0.05, 0) is 36.6 Å². The first-order valence-electron chi connectivity index (χ1n) is 5.33. The van der Waals surface area contributed by atoms with Crippen LogP contribution in [0.3, 0.4) is 0 Å². The summed E-state index contributed by atoms with van der Waals surface area (Å²) in [5.41, 5.74) is 11.1. The Bertz CT molecular complexity index is 652. The molecule has 0 N–H and O–H groups in total. The van der Waals surface area contributed by atoms with Crippen LogP contribution in [0.2, 0.25) is 0 Å². The average Bonchev–Trinajstić information content (AvgIpc) is 2.76. The van der Waals surface area contributed by atoms with Crippen LogP contribution in [-0.4, -0.2) is 15.5 Å². The summed E-state index contributed by atoms with van der Waals surface area (Å²) in [5, 5.41) is 3.14. The molecule has 6 heteroatoms. The van der Waals surface area contributed by atoms with Crippen LogP contribution in [0.25, 0.3) is 16.1 Å². The van der Waals surface area contributed by atoms with Crippen molar-refractivity contribution in [2.45, 2.75) is 13.8 Å². The van der Waals surface area contributed by atoms with Gasteiger partial charge >= 0.3 is 0 Å². The minimum Gasteiger partial charge on any atom is -0.305 e. The molecule has 2 rings (SSSR count). The zero-order valence-electron chi connectivity index (χ0n) is 10.0. The summed E-state index contributed by atoms with van der Waals surface area (Å²) in [5.74, 6) is -0.595. The summed E-state index contributed by atoms with van der Waals surface area (Å²) < 4.78 is 1.73. The van der Waals surface area contributed by atoms with Crippen molar-refractivity contribution in [1.29, 1.82) is 0 Å². The van der Waals surface area contributed by atoms with E-state index in [0.717, 1.165) is 11.3 Å². The van der Waals surface area contributed by atoms with Gasteiger partial charge in [-0.15, -0.1) is 0 Å². The largest absolute Gasteiger partial charge is 0.305 e. The van der Waals surface area contributed by atoms with Crippen LogP contribution >= 0.6 is 0 Å². The number of imidazole rings is 1. The van der Waals surface area contributed by atoms with Crippen molar-refractivity contribution in [1.82, 2.24) is 9.55 Å². The van der Waals surface area contributed by atoms with E-state index in [-0.39, 0.29) is 0 Å². The standard InChI is InChI=1S/C12H11N5O/c1-8-3-4-11(17-6-9(2)14-7-17)10(5-8)12(18)15-16-13/h3-7H,1-2H3. The number of hydrogen-bond acceptors (Lipinski definition) is 2. The second kappa shape index (κ2) is 4.73. The second-order valence-corrected chi connectivity index (χ2v) is 3.94. The van der Waals surface area contributed by atoms with E-state index in [1.165, 1.54) is 0 Å². The van der Waals surface area contributed by atoms with E-state index >= 15 is 0 Å². The molecular formula is C12H11N5O. The fourth-order valence-electron chi connectivity index (χ4n) is 1.69. The number of carbonyl (C=O) groups excluding carboxylic acids is 1. The predicted molar refractivity (Wildman–Crippen MR) is 66.5 cm³/mol. The van der Waals surface area contributed by atoms with Gasteiger partial charge in [0.05, 0.1) is 17.7 Å².